The van der Waals surface area contributed by atoms with Crippen LogP contribution in [0.5, 0.6) is 0 Å². The molecule has 1 aromatic heterocycles. The number of rotatable bonds is 5. The highest BCUT2D eigenvalue weighted by Crippen LogP contribution is 2.18. The summed E-state index contributed by atoms with van der Waals surface area (Å²) < 4.78 is 0. The maximum atomic E-state index is 8.50. The topological polar surface area (TPSA) is 42.8 Å². The predicted molar refractivity (Wildman–Crippen MR) is 69.5 cm³/mol. The van der Waals surface area contributed by atoms with E-state index in [0.29, 0.717) is 6.42 Å². The van der Waals surface area contributed by atoms with Gasteiger partial charge in [0.25, 0.3) is 0 Å². The number of para-hydroxylation sites is 1. The molecule has 0 aliphatic heterocycles. The average molecular weight is 227 g/mol. The van der Waals surface area contributed by atoms with Crippen LogP contribution in [0.2, 0.25) is 0 Å². The first-order valence-electron chi connectivity index (χ1n) is 5.92. The summed E-state index contributed by atoms with van der Waals surface area (Å²) in [5, 5.41) is 9.79. The monoisotopic (exact) mass is 227 g/mol. The van der Waals surface area contributed by atoms with Crippen LogP contribution in [0, 0.1) is 11.3 Å². The zero-order valence-electron chi connectivity index (χ0n) is 10.1. The lowest BCUT2D eigenvalue weighted by atomic mass is 10.1. The summed E-state index contributed by atoms with van der Waals surface area (Å²) in [6.45, 7) is 1.89. The molecule has 0 bridgehead atoms. The Labute approximate surface area is 102 Å². The molecule has 88 valence electrons. The van der Waals surface area contributed by atoms with Crippen LogP contribution in [-0.4, -0.2) is 23.5 Å². The van der Waals surface area contributed by atoms with Gasteiger partial charge in [-0.05, 0) is 31.6 Å². The van der Waals surface area contributed by atoms with E-state index in [1.54, 1.807) is 0 Å². The van der Waals surface area contributed by atoms with E-state index in [9.17, 15) is 0 Å². The molecule has 1 heterocycles. The Morgan fingerprint density at radius 3 is 3.00 bits per heavy atom. The molecule has 1 aromatic carbocycles. The van der Waals surface area contributed by atoms with Crippen LogP contribution >= 0.6 is 0 Å². The molecule has 3 heteroatoms. The number of hydrogen-bond donors (Lipinski definition) is 1. The van der Waals surface area contributed by atoms with Crippen LogP contribution in [0.1, 0.15) is 18.4 Å². The van der Waals surface area contributed by atoms with Crippen LogP contribution in [0.3, 0.4) is 0 Å². The van der Waals surface area contributed by atoms with E-state index in [4.69, 9.17) is 5.26 Å². The first-order chi connectivity index (χ1) is 8.31. The molecule has 0 aliphatic carbocycles. The molecule has 0 spiro atoms. The Bertz CT molecular complexity index is 521. The van der Waals surface area contributed by atoms with Crippen LogP contribution in [-0.2, 0) is 6.54 Å². The molecule has 0 saturated heterocycles. The average Bonchev–Trinajstić information content (AvgIpc) is 2.73. The molecular weight excluding hydrogens is 210 g/mol. The van der Waals surface area contributed by atoms with E-state index >= 15 is 0 Å². The molecule has 0 aliphatic rings. The molecule has 2 rings (SSSR count). The summed E-state index contributed by atoms with van der Waals surface area (Å²) in [5.74, 6) is 0. The summed E-state index contributed by atoms with van der Waals surface area (Å²) in [7, 11) is 2.10. The van der Waals surface area contributed by atoms with Gasteiger partial charge in [-0.25, -0.2) is 0 Å². The molecule has 0 fully saturated rings. The fourth-order valence-corrected chi connectivity index (χ4v) is 2.06. The van der Waals surface area contributed by atoms with Crippen LogP contribution in [0.15, 0.2) is 30.5 Å². The molecule has 0 radical (unpaired) electrons. The lowest BCUT2D eigenvalue weighted by Crippen LogP contribution is -2.18. The maximum absolute atomic E-state index is 8.50. The third-order valence-corrected chi connectivity index (χ3v) is 2.94. The van der Waals surface area contributed by atoms with Gasteiger partial charge in [-0.2, -0.15) is 5.26 Å². The standard InChI is InChI=1S/C14H17N3/c1-17(9-5-4-8-15)11-12-10-16-14-7-3-2-6-13(12)14/h2-3,6-7,10,16H,4-5,9,11H2,1H3. The van der Waals surface area contributed by atoms with Gasteiger partial charge < -0.3 is 9.88 Å². The highest BCUT2D eigenvalue weighted by atomic mass is 15.1. The quantitative estimate of drug-likeness (QED) is 0.798. The molecule has 0 unspecified atom stereocenters. The van der Waals surface area contributed by atoms with Crippen molar-refractivity contribution in [2.75, 3.05) is 13.6 Å². The van der Waals surface area contributed by atoms with Crippen molar-refractivity contribution in [2.24, 2.45) is 0 Å². The van der Waals surface area contributed by atoms with E-state index < -0.39 is 0 Å². The molecule has 2 aromatic rings. The summed E-state index contributed by atoms with van der Waals surface area (Å²) in [4.78, 5) is 5.54. The molecule has 0 atom stereocenters. The van der Waals surface area contributed by atoms with Crippen molar-refractivity contribution in [3.8, 4) is 6.07 Å². The number of unbranched alkanes of at least 4 members (excludes halogenated alkanes) is 1. The fourth-order valence-electron chi connectivity index (χ4n) is 2.06. The summed E-state index contributed by atoms with van der Waals surface area (Å²) >= 11 is 0. The van der Waals surface area contributed by atoms with E-state index in [2.05, 4.69) is 47.4 Å². The molecule has 3 nitrogen and oxygen atoms in total. The van der Waals surface area contributed by atoms with Gasteiger partial charge in [0.05, 0.1) is 6.07 Å². The predicted octanol–water partition coefficient (Wildman–Crippen LogP) is 2.90. The minimum atomic E-state index is 0.637. The lowest BCUT2D eigenvalue weighted by molar-refractivity contribution is 0.325. The lowest BCUT2D eigenvalue weighted by Gasteiger charge is -2.14. The molecular formula is C14H17N3. The number of H-pyrrole nitrogens is 1. The number of fused-ring (bicyclic) bond motifs is 1. The first kappa shape index (κ1) is 11.7. The van der Waals surface area contributed by atoms with Crippen LogP contribution < -0.4 is 0 Å². The van der Waals surface area contributed by atoms with Crippen molar-refractivity contribution in [1.29, 1.82) is 5.26 Å². The maximum Gasteiger partial charge on any atom is 0.0622 e. The number of nitrogens with zero attached hydrogens (tertiary/aromatic N) is 2. The fraction of sp³-hybridized carbons (Fsp3) is 0.357. The van der Waals surface area contributed by atoms with Gasteiger partial charge in [-0.15, -0.1) is 0 Å². The van der Waals surface area contributed by atoms with Crippen molar-refractivity contribution in [1.82, 2.24) is 9.88 Å². The Balaban J connectivity index is 2.01. The highest BCUT2D eigenvalue weighted by Gasteiger charge is 2.05. The smallest absolute Gasteiger partial charge is 0.0622 e. The van der Waals surface area contributed by atoms with Gasteiger partial charge in [0, 0.05) is 30.1 Å². The summed E-state index contributed by atoms with van der Waals surface area (Å²) in [5.41, 5.74) is 2.51. The van der Waals surface area contributed by atoms with E-state index in [0.717, 1.165) is 19.5 Å². The third kappa shape index (κ3) is 2.86. The first-order valence-corrected chi connectivity index (χ1v) is 5.92. The van der Waals surface area contributed by atoms with E-state index in [1.165, 1.54) is 16.5 Å². The van der Waals surface area contributed by atoms with Gasteiger partial charge >= 0.3 is 0 Å². The Kier molecular flexibility index (Phi) is 3.79. The number of nitriles is 1. The van der Waals surface area contributed by atoms with Gasteiger partial charge in [0.2, 0.25) is 0 Å². The zero-order valence-corrected chi connectivity index (χ0v) is 10.1. The largest absolute Gasteiger partial charge is 0.361 e. The number of hydrogen-bond acceptors (Lipinski definition) is 2. The second kappa shape index (κ2) is 5.51. The van der Waals surface area contributed by atoms with Crippen molar-refractivity contribution < 1.29 is 0 Å². The second-order valence-corrected chi connectivity index (χ2v) is 4.36. The van der Waals surface area contributed by atoms with E-state index in [1.807, 2.05) is 6.07 Å². The highest BCUT2D eigenvalue weighted by molar-refractivity contribution is 5.82. The van der Waals surface area contributed by atoms with Crippen LogP contribution in [0.25, 0.3) is 10.9 Å². The summed E-state index contributed by atoms with van der Waals surface area (Å²) in [6, 6.07) is 10.5. The van der Waals surface area contributed by atoms with Crippen molar-refractivity contribution >= 4 is 10.9 Å². The van der Waals surface area contributed by atoms with Crippen molar-refractivity contribution in [2.45, 2.75) is 19.4 Å². The van der Waals surface area contributed by atoms with Crippen LogP contribution in [0.4, 0.5) is 0 Å². The normalized spacial score (nSPS) is 10.9. The van der Waals surface area contributed by atoms with Crippen molar-refractivity contribution in [3.05, 3.63) is 36.0 Å². The Morgan fingerprint density at radius 2 is 2.18 bits per heavy atom. The minimum absolute atomic E-state index is 0.637. The SMILES string of the molecule is CN(CCCC#N)Cc1c[nH]c2ccccc12. The van der Waals surface area contributed by atoms with E-state index in [-0.39, 0.29) is 0 Å². The Morgan fingerprint density at radius 1 is 1.35 bits per heavy atom. The third-order valence-electron chi connectivity index (χ3n) is 2.94. The second-order valence-electron chi connectivity index (χ2n) is 4.36. The number of nitrogens with one attached hydrogen (secondary N) is 1. The zero-order chi connectivity index (χ0) is 12.1. The molecule has 17 heavy (non-hydrogen) atoms. The molecule has 0 amide bonds. The van der Waals surface area contributed by atoms with Gasteiger partial charge in [-0.1, -0.05) is 18.2 Å². The van der Waals surface area contributed by atoms with Gasteiger partial charge in [-0.3, -0.25) is 0 Å². The minimum Gasteiger partial charge on any atom is -0.361 e. The molecule has 1 N–H and O–H groups in total. The Hall–Kier alpha value is -1.79. The molecule has 0 saturated carbocycles. The van der Waals surface area contributed by atoms with Crippen molar-refractivity contribution in [3.63, 3.8) is 0 Å². The van der Waals surface area contributed by atoms with Gasteiger partial charge in [0.15, 0.2) is 0 Å². The number of aromatic amines is 1. The number of aromatic nitrogens is 1. The summed E-state index contributed by atoms with van der Waals surface area (Å²) in [6.07, 6.45) is 3.65. The van der Waals surface area contributed by atoms with Gasteiger partial charge in [0.1, 0.15) is 0 Å². The number of benzene rings is 1.